The Labute approximate surface area is 485 Å². The summed E-state index contributed by atoms with van der Waals surface area (Å²) >= 11 is 2.67. The molecule has 7 atom stereocenters. The van der Waals surface area contributed by atoms with Gasteiger partial charge in [-0.15, -0.1) is 0 Å². The van der Waals surface area contributed by atoms with Crippen molar-refractivity contribution in [3.8, 4) is 23.0 Å². The number of H-pyrrole nitrogens is 2. The number of nitrogens with zero attached hydrogens (tertiary/aromatic N) is 2. The molecule has 431 valence electrons. The zero-order valence-corrected chi connectivity index (χ0v) is 48.9. The third-order valence-electron chi connectivity index (χ3n) is 15.1. The summed E-state index contributed by atoms with van der Waals surface area (Å²) in [4.78, 5) is 57.1. The Hall–Kier alpha value is -7.61. The zero-order chi connectivity index (χ0) is 58.5. The second-order valence-corrected chi connectivity index (χ2v) is 24.2. The topological polar surface area (TPSA) is 219 Å². The number of benzene rings is 6. The van der Waals surface area contributed by atoms with Gasteiger partial charge in [0.25, 0.3) is 0 Å². The van der Waals surface area contributed by atoms with Crippen molar-refractivity contribution in [2.24, 2.45) is 0 Å². The first-order chi connectivity index (χ1) is 40.1. The molecular weight excluding hydrogens is 1150 g/mol. The van der Waals surface area contributed by atoms with E-state index in [1.807, 2.05) is 158 Å². The van der Waals surface area contributed by atoms with E-state index >= 15 is 4.57 Å². The van der Waals surface area contributed by atoms with Crippen molar-refractivity contribution in [3.63, 3.8) is 0 Å². The fourth-order valence-corrected chi connectivity index (χ4v) is 12.8. The van der Waals surface area contributed by atoms with Crippen molar-refractivity contribution >= 4 is 21.9 Å². The van der Waals surface area contributed by atoms with Crippen molar-refractivity contribution in [1.82, 2.24) is 19.1 Å². The van der Waals surface area contributed by atoms with Crippen molar-refractivity contribution in [3.05, 3.63) is 256 Å². The molecule has 6 aromatic carbocycles. The molecule has 2 aliphatic heterocycles. The van der Waals surface area contributed by atoms with Gasteiger partial charge >= 0.3 is 460 Å². The number of nitrogens with one attached hydrogen (secondary N) is 2. The van der Waals surface area contributed by atoms with Gasteiger partial charge in [0.05, 0.1) is 28.4 Å². The number of ether oxygens (including phenoxy) is 8. The Morgan fingerprint density at radius 2 is 0.855 bits per heavy atom. The molecule has 0 spiro atoms. The molecular formula is C62H62N4O15PSe. The molecule has 0 aliphatic carbocycles. The number of aromatic amines is 2. The van der Waals surface area contributed by atoms with Gasteiger partial charge in [-0.05, 0) is 0 Å². The summed E-state index contributed by atoms with van der Waals surface area (Å²) in [6.07, 6.45) is -7.67. The first-order valence-corrected chi connectivity index (χ1v) is 30.4. The van der Waals surface area contributed by atoms with E-state index in [9.17, 15) is 19.2 Å². The molecule has 83 heavy (non-hydrogen) atoms. The van der Waals surface area contributed by atoms with Crippen molar-refractivity contribution in [2.45, 2.75) is 74.8 Å². The molecule has 0 amide bonds. The summed E-state index contributed by atoms with van der Waals surface area (Å²) in [5, 5.41) is 0. The van der Waals surface area contributed by atoms with Crippen LogP contribution in [0.1, 0.15) is 69.8 Å². The van der Waals surface area contributed by atoms with Gasteiger partial charge in [0, 0.05) is 0 Å². The summed E-state index contributed by atoms with van der Waals surface area (Å²) in [7, 11) is 6.34. The molecule has 2 aliphatic rings. The molecule has 1 unspecified atom stereocenters. The van der Waals surface area contributed by atoms with Crippen LogP contribution in [0, 0.1) is 13.8 Å². The number of hydrogen-bond acceptors (Lipinski definition) is 15. The van der Waals surface area contributed by atoms with Crippen LogP contribution in [0.4, 0.5) is 0 Å². The van der Waals surface area contributed by atoms with Gasteiger partial charge in [-0.1, -0.05) is 0 Å². The van der Waals surface area contributed by atoms with E-state index in [1.165, 1.54) is 21.5 Å². The van der Waals surface area contributed by atoms with Gasteiger partial charge in [0.2, 0.25) is 0 Å². The molecule has 2 aromatic heterocycles. The minimum atomic E-state index is -4.33. The van der Waals surface area contributed by atoms with Crippen molar-refractivity contribution in [2.75, 3.05) is 41.7 Å². The normalized spacial score (nSPS) is 19.7. The third kappa shape index (κ3) is 12.2. The van der Waals surface area contributed by atoms with E-state index in [4.69, 9.17) is 46.9 Å². The Balaban J connectivity index is 1.01. The summed E-state index contributed by atoms with van der Waals surface area (Å²) in [6.45, 7) is 2.52. The molecule has 2 N–H and O–H groups in total. The minimum absolute atomic E-state index is 0.0509. The van der Waals surface area contributed by atoms with Gasteiger partial charge in [0.15, 0.2) is 0 Å². The predicted molar refractivity (Wildman–Crippen MR) is 309 cm³/mol. The molecule has 2 saturated heterocycles. The van der Waals surface area contributed by atoms with E-state index in [-0.39, 0.29) is 30.6 Å². The molecule has 0 bridgehead atoms. The van der Waals surface area contributed by atoms with Crippen LogP contribution in [0.3, 0.4) is 0 Å². The van der Waals surface area contributed by atoms with Crippen LogP contribution in [-0.2, 0) is 43.8 Å². The van der Waals surface area contributed by atoms with Crippen LogP contribution in [-0.4, -0.2) is 101 Å². The van der Waals surface area contributed by atoms with Gasteiger partial charge in [0.1, 0.15) is 0 Å². The van der Waals surface area contributed by atoms with E-state index in [2.05, 4.69) is 25.5 Å². The third-order valence-corrected chi connectivity index (χ3v) is 17.3. The van der Waals surface area contributed by atoms with Gasteiger partial charge < -0.3 is 0 Å². The standard InChI is InChI=1S/C62H62N4O15PSe/c1-39-35-65(59(69)63-57(39)67)55-33-51(80-62(42-15-11-8-12-16-42,45-21-29-49(74-5)30-22-45)46-23-31-50(75-6)32-24-46)54(79-55)38-77-82(71,83)81-52-34-56(66-36-40(2)58(68)64-60(66)70)78-53(52)37-76-61(41-13-9-7-10-14-41,43-17-25-47(72-3)26-18-43)44-19-27-48(73-4)28-20-44/h7-32,35-36,51-56H,33-34,37-38H2,1-6H3,(H,63,67,69)(H,64,68,70)/t51-,52-,53+,54+,55+,56+,82?/m0/s1. The van der Waals surface area contributed by atoms with Crippen LogP contribution < -0.4 is 41.4 Å². The van der Waals surface area contributed by atoms with Crippen molar-refractivity contribution < 1.29 is 51.5 Å². The van der Waals surface area contributed by atoms with Crippen molar-refractivity contribution in [1.29, 1.82) is 0 Å². The van der Waals surface area contributed by atoms with Gasteiger partial charge in [-0.3, -0.25) is 0 Å². The Morgan fingerprint density at radius 1 is 0.506 bits per heavy atom. The molecule has 8 aromatic rings. The quantitative estimate of drug-likeness (QED) is 0.0370. The second-order valence-electron chi connectivity index (χ2n) is 20.0. The average molecular weight is 1210 g/mol. The summed E-state index contributed by atoms with van der Waals surface area (Å²) in [6, 6.07) is 49.2. The fraction of sp³-hybridized carbons (Fsp3) is 0.290. The maximum absolute atomic E-state index is 15.2. The summed E-state index contributed by atoms with van der Waals surface area (Å²) in [5.74, 6) is 2.48. The molecule has 1 radical (unpaired) electrons. The molecule has 0 saturated carbocycles. The fourth-order valence-electron chi connectivity index (χ4n) is 10.8. The molecule has 19 nitrogen and oxygen atoms in total. The molecule has 10 rings (SSSR count). The Morgan fingerprint density at radius 3 is 1.25 bits per heavy atom. The van der Waals surface area contributed by atoms with Crippen LogP contribution >= 0.6 is 6.29 Å². The van der Waals surface area contributed by atoms with Gasteiger partial charge in [-0.25, -0.2) is 0 Å². The van der Waals surface area contributed by atoms with E-state index in [1.54, 1.807) is 42.3 Å². The number of aromatic nitrogens is 4. The Kier molecular flexibility index (Phi) is 17.7. The van der Waals surface area contributed by atoms with Crippen LogP contribution in [0.25, 0.3) is 0 Å². The zero-order valence-electron chi connectivity index (χ0n) is 46.3. The molecule has 21 heteroatoms. The first-order valence-electron chi connectivity index (χ1n) is 26.7. The van der Waals surface area contributed by atoms with Gasteiger partial charge in [-0.2, -0.15) is 0 Å². The van der Waals surface area contributed by atoms with E-state index in [0.29, 0.717) is 34.1 Å². The summed E-state index contributed by atoms with van der Waals surface area (Å²) < 4.78 is 81.1. The number of methoxy groups -OCH3 is 4. The number of hydrogen-bond donors (Lipinski definition) is 2. The molecule has 4 heterocycles. The molecule has 2 fully saturated rings. The SMILES string of the molecule is COc1ccc(C(OC[C@H]2O[C@@H](n3cc(C)c(=O)[nH]c3=O)C[C@@H]2OP(=O)([Se])OC[C@H]2O[C@@H](n3cc(C)c(=O)[nH]c3=O)C[C@@H]2OC(c2ccccc2)(c2ccc(OC)cc2)c2ccc(OC)cc2)(c2ccccc2)c2ccc(OC)cc2)cc1. The van der Waals surface area contributed by atoms with E-state index < -0.39 is 83.5 Å². The first kappa shape index (κ1) is 58.6. The summed E-state index contributed by atoms with van der Waals surface area (Å²) in [5.41, 5.74) is -0.329. The number of rotatable bonds is 22. The van der Waals surface area contributed by atoms with Crippen LogP contribution in [0.5, 0.6) is 23.0 Å². The monoisotopic (exact) mass is 1210 g/mol. The Bertz CT molecular complexity index is 3710. The second kappa shape index (κ2) is 25.1. The predicted octanol–water partition coefficient (Wildman–Crippen LogP) is 8.38. The number of aryl methyl sites for hydroxylation is 2. The van der Waals surface area contributed by atoms with Crippen LogP contribution in [0.15, 0.2) is 189 Å². The maximum atomic E-state index is 15.2. The van der Waals surface area contributed by atoms with Crippen LogP contribution in [0.2, 0.25) is 0 Å². The average Bonchev–Trinajstić information content (AvgIpc) is 3.66. The van der Waals surface area contributed by atoms with E-state index in [0.717, 1.165) is 22.3 Å².